The molecular weight excluding hydrogens is 250 g/mol. The van der Waals surface area contributed by atoms with Gasteiger partial charge < -0.3 is 10.3 Å². The smallest absolute Gasteiger partial charge is 0.141 e. The predicted molar refractivity (Wildman–Crippen MR) is 73.4 cm³/mol. The largest absolute Gasteiger partial charge is 0.386 e. The average molecular weight is 264 g/mol. The zero-order chi connectivity index (χ0) is 13.1. The van der Waals surface area contributed by atoms with Crippen LogP contribution >= 0.6 is 11.6 Å². The van der Waals surface area contributed by atoms with Gasteiger partial charge in [-0.25, -0.2) is 4.99 Å². The molecule has 0 saturated carbocycles. The molecule has 94 valence electrons. The van der Waals surface area contributed by atoms with Crippen molar-refractivity contribution in [1.29, 1.82) is 0 Å². The molecule has 1 aromatic heterocycles. The van der Waals surface area contributed by atoms with Crippen LogP contribution in [0, 0.1) is 13.8 Å². The molecule has 0 spiro atoms. The lowest BCUT2D eigenvalue weighted by Crippen LogP contribution is -2.12. The highest BCUT2D eigenvalue weighted by Gasteiger charge is 2.10. The minimum atomic E-state index is 0.228. The van der Waals surface area contributed by atoms with E-state index >= 15 is 0 Å². The number of amidine groups is 1. The van der Waals surface area contributed by atoms with Crippen molar-refractivity contribution < 1.29 is 4.52 Å². The zero-order valence-electron chi connectivity index (χ0n) is 10.3. The second-order valence-electron chi connectivity index (χ2n) is 3.98. The normalized spacial score (nSPS) is 11.8. The maximum Gasteiger partial charge on any atom is 0.141 e. The van der Waals surface area contributed by atoms with Crippen LogP contribution in [0.15, 0.2) is 33.8 Å². The van der Waals surface area contributed by atoms with E-state index in [1.54, 1.807) is 0 Å². The molecule has 1 heterocycles. The maximum absolute atomic E-state index is 5.58. The molecular formula is C13H14ClN3O. The number of rotatable bonds is 3. The lowest BCUT2D eigenvalue weighted by Gasteiger charge is -2.01. The number of hydrogen-bond donors (Lipinski definition) is 1. The van der Waals surface area contributed by atoms with E-state index in [0.29, 0.717) is 5.84 Å². The van der Waals surface area contributed by atoms with Gasteiger partial charge in [-0.1, -0.05) is 17.3 Å². The summed E-state index contributed by atoms with van der Waals surface area (Å²) in [6.07, 6.45) is 0. The van der Waals surface area contributed by atoms with Crippen LogP contribution in [0.4, 0.5) is 5.69 Å². The lowest BCUT2D eigenvalue weighted by molar-refractivity contribution is 0.393. The molecule has 0 radical (unpaired) electrons. The summed E-state index contributed by atoms with van der Waals surface area (Å²) < 4.78 is 5.15. The van der Waals surface area contributed by atoms with Gasteiger partial charge in [0.1, 0.15) is 11.6 Å². The van der Waals surface area contributed by atoms with Crippen molar-refractivity contribution >= 4 is 23.1 Å². The fourth-order valence-electron chi connectivity index (χ4n) is 1.79. The van der Waals surface area contributed by atoms with Crippen molar-refractivity contribution in [2.45, 2.75) is 13.8 Å². The Kier molecular flexibility index (Phi) is 3.67. The van der Waals surface area contributed by atoms with Gasteiger partial charge in [0.25, 0.3) is 0 Å². The Labute approximate surface area is 110 Å². The van der Waals surface area contributed by atoms with E-state index in [1.165, 1.54) is 0 Å². The third kappa shape index (κ3) is 2.54. The minimum absolute atomic E-state index is 0.228. The van der Waals surface area contributed by atoms with Crippen LogP contribution in [0.5, 0.6) is 0 Å². The van der Waals surface area contributed by atoms with E-state index in [0.717, 1.165) is 28.3 Å². The number of nitrogens with zero attached hydrogens (tertiary/aromatic N) is 2. The summed E-state index contributed by atoms with van der Waals surface area (Å²) in [5, 5.41) is 3.94. The molecule has 0 aliphatic carbocycles. The second-order valence-corrected chi connectivity index (χ2v) is 4.25. The lowest BCUT2D eigenvalue weighted by atomic mass is 10.0. The number of nitrogens with two attached hydrogens (primary N) is 1. The van der Waals surface area contributed by atoms with Crippen molar-refractivity contribution in [3.63, 3.8) is 0 Å². The molecule has 0 aliphatic rings. The van der Waals surface area contributed by atoms with Crippen LogP contribution in [0.25, 0.3) is 11.1 Å². The van der Waals surface area contributed by atoms with E-state index < -0.39 is 0 Å². The Hall–Kier alpha value is -1.81. The fourth-order valence-corrected chi connectivity index (χ4v) is 1.85. The highest BCUT2D eigenvalue weighted by molar-refractivity contribution is 6.28. The van der Waals surface area contributed by atoms with Crippen molar-refractivity contribution in [2.24, 2.45) is 10.7 Å². The molecule has 4 nitrogen and oxygen atoms in total. The van der Waals surface area contributed by atoms with E-state index in [-0.39, 0.29) is 5.88 Å². The van der Waals surface area contributed by atoms with Gasteiger partial charge in [-0.05, 0) is 31.5 Å². The van der Waals surface area contributed by atoms with E-state index in [4.69, 9.17) is 21.9 Å². The van der Waals surface area contributed by atoms with Gasteiger partial charge in [-0.15, -0.1) is 11.6 Å². The van der Waals surface area contributed by atoms with Gasteiger partial charge in [-0.3, -0.25) is 0 Å². The Morgan fingerprint density at radius 1 is 1.33 bits per heavy atom. The summed E-state index contributed by atoms with van der Waals surface area (Å²) in [4.78, 5) is 4.17. The van der Waals surface area contributed by atoms with Gasteiger partial charge >= 0.3 is 0 Å². The molecule has 0 saturated heterocycles. The Morgan fingerprint density at radius 3 is 2.50 bits per heavy atom. The van der Waals surface area contributed by atoms with Crippen LogP contribution in [0.3, 0.4) is 0 Å². The molecule has 0 fully saturated rings. The maximum atomic E-state index is 5.58. The average Bonchev–Trinajstić information content (AvgIpc) is 2.70. The number of aliphatic imine (C=N–C) groups is 1. The molecule has 2 rings (SSSR count). The van der Waals surface area contributed by atoms with E-state index in [9.17, 15) is 0 Å². The SMILES string of the molecule is Cc1noc(C)c1-c1ccc(N=C(N)CCl)cc1. The van der Waals surface area contributed by atoms with Crippen molar-refractivity contribution in [1.82, 2.24) is 5.16 Å². The first-order valence-electron chi connectivity index (χ1n) is 5.54. The highest BCUT2D eigenvalue weighted by atomic mass is 35.5. The molecule has 0 bridgehead atoms. The first kappa shape index (κ1) is 12.6. The van der Waals surface area contributed by atoms with Gasteiger partial charge in [0.05, 0.1) is 17.3 Å². The monoisotopic (exact) mass is 263 g/mol. The number of hydrogen-bond acceptors (Lipinski definition) is 3. The summed E-state index contributed by atoms with van der Waals surface area (Å²) in [6.45, 7) is 3.82. The standard InChI is InChI=1S/C13H14ClN3O/c1-8-13(9(2)18-17-8)10-3-5-11(6-4-10)16-12(15)7-14/h3-6H,7H2,1-2H3,(H2,15,16). The molecule has 0 amide bonds. The number of aryl methyl sites for hydroxylation is 2. The molecule has 5 heteroatoms. The van der Waals surface area contributed by atoms with Crippen molar-refractivity contribution in [3.8, 4) is 11.1 Å². The summed E-state index contributed by atoms with van der Waals surface area (Å²) >= 11 is 5.58. The molecule has 1 aromatic carbocycles. The summed E-state index contributed by atoms with van der Waals surface area (Å²) in [5.74, 6) is 1.44. The van der Waals surface area contributed by atoms with Gasteiger partial charge in [0, 0.05) is 5.56 Å². The Balaban J connectivity index is 2.34. The Morgan fingerprint density at radius 2 is 2.00 bits per heavy atom. The molecule has 0 unspecified atom stereocenters. The van der Waals surface area contributed by atoms with Gasteiger partial charge in [-0.2, -0.15) is 0 Å². The van der Waals surface area contributed by atoms with Gasteiger partial charge in [0.15, 0.2) is 0 Å². The van der Waals surface area contributed by atoms with Gasteiger partial charge in [0.2, 0.25) is 0 Å². The van der Waals surface area contributed by atoms with Crippen molar-refractivity contribution in [3.05, 3.63) is 35.7 Å². The number of alkyl halides is 1. The van der Waals surface area contributed by atoms with Crippen LogP contribution in [0.1, 0.15) is 11.5 Å². The predicted octanol–water partition coefficient (Wildman–Crippen LogP) is 3.19. The summed E-state index contributed by atoms with van der Waals surface area (Å²) in [6, 6.07) is 7.71. The minimum Gasteiger partial charge on any atom is -0.386 e. The number of halogens is 1. The zero-order valence-corrected chi connectivity index (χ0v) is 11.0. The second kappa shape index (κ2) is 5.23. The van der Waals surface area contributed by atoms with Crippen LogP contribution < -0.4 is 5.73 Å². The molecule has 0 atom stereocenters. The number of benzene rings is 1. The molecule has 2 N–H and O–H groups in total. The molecule has 2 aromatic rings. The summed E-state index contributed by atoms with van der Waals surface area (Å²) in [7, 11) is 0. The van der Waals surface area contributed by atoms with Crippen molar-refractivity contribution in [2.75, 3.05) is 5.88 Å². The van der Waals surface area contributed by atoms with Crippen LogP contribution in [0.2, 0.25) is 0 Å². The van der Waals surface area contributed by atoms with E-state index in [2.05, 4.69) is 10.1 Å². The molecule has 0 aliphatic heterocycles. The van der Waals surface area contributed by atoms with Crippen LogP contribution in [-0.4, -0.2) is 16.9 Å². The highest BCUT2D eigenvalue weighted by Crippen LogP contribution is 2.28. The Bertz CT molecular complexity index is 553. The van der Waals surface area contributed by atoms with Crippen LogP contribution in [-0.2, 0) is 0 Å². The first-order chi connectivity index (χ1) is 8.61. The third-order valence-electron chi connectivity index (χ3n) is 2.60. The first-order valence-corrected chi connectivity index (χ1v) is 6.07. The summed E-state index contributed by atoms with van der Waals surface area (Å²) in [5.41, 5.74) is 9.31. The third-order valence-corrected chi connectivity index (χ3v) is 2.87. The quantitative estimate of drug-likeness (QED) is 0.525. The number of aromatic nitrogens is 1. The fraction of sp³-hybridized carbons (Fsp3) is 0.231. The van der Waals surface area contributed by atoms with E-state index in [1.807, 2.05) is 38.1 Å². The topological polar surface area (TPSA) is 64.4 Å². The molecule has 18 heavy (non-hydrogen) atoms.